The van der Waals surface area contributed by atoms with Gasteiger partial charge < -0.3 is 21.3 Å². The molecule has 0 spiro atoms. The second-order valence-corrected chi connectivity index (χ2v) is 9.17. The predicted molar refractivity (Wildman–Crippen MR) is 132 cm³/mol. The molecule has 33 heavy (non-hydrogen) atoms. The van der Waals surface area contributed by atoms with Crippen LogP contribution in [0.2, 0.25) is 5.02 Å². The van der Waals surface area contributed by atoms with E-state index in [9.17, 15) is 9.59 Å². The zero-order chi connectivity index (χ0) is 23.2. The van der Waals surface area contributed by atoms with Crippen LogP contribution in [-0.2, 0) is 16.1 Å². The van der Waals surface area contributed by atoms with Gasteiger partial charge >= 0.3 is 0 Å². The largest absolute Gasteiger partial charge is 0.358 e. The number of carbonyl (C=O) groups excluding carboxylic acids is 2. The molecule has 1 aromatic carbocycles. The van der Waals surface area contributed by atoms with Crippen molar-refractivity contribution in [2.75, 3.05) is 18.4 Å². The van der Waals surface area contributed by atoms with Crippen LogP contribution >= 0.6 is 23.8 Å². The van der Waals surface area contributed by atoms with Crippen molar-refractivity contribution in [3.8, 4) is 0 Å². The van der Waals surface area contributed by atoms with Crippen LogP contribution < -0.4 is 21.3 Å². The predicted octanol–water partition coefficient (Wildman–Crippen LogP) is 2.06. The SMILES string of the molecule is O=C(CCC1CNC(=O)C2CC(NC(=S)Nc3ccc(Cl)cc3)CN12)NCc1cccnc1. The maximum absolute atomic E-state index is 12.4. The van der Waals surface area contributed by atoms with Crippen LogP contribution in [0.4, 0.5) is 5.69 Å². The maximum atomic E-state index is 12.4. The van der Waals surface area contributed by atoms with E-state index in [2.05, 4.69) is 31.2 Å². The van der Waals surface area contributed by atoms with Crippen molar-refractivity contribution in [3.05, 3.63) is 59.4 Å². The van der Waals surface area contributed by atoms with E-state index >= 15 is 0 Å². The fraction of sp³-hybridized carbons (Fsp3) is 0.391. The molecule has 2 fully saturated rings. The summed E-state index contributed by atoms with van der Waals surface area (Å²) in [5, 5.41) is 13.6. The molecule has 3 unspecified atom stereocenters. The number of carbonyl (C=O) groups is 2. The third-order valence-corrected chi connectivity index (χ3v) is 6.45. The Morgan fingerprint density at radius 3 is 2.85 bits per heavy atom. The van der Waals surface area contributed by atoms with Gasteiger partial charge in [-0.15, -0.1) is 0 Å². The Balaban J connectivity index is 1.26. The number of hydrogen-bond donors (Lipinski definition) is 4. The molecule has 3 atom stereocenters. The highest BCUT2D eigenvalue weighted by Gasteiger charge is 2.43. The number of thiocarbonyl (C=S) groups is 1. The van der Waals surface area contributed by atoms with Gasteiger partial charge in [-0.1, -0.05) is 17.7 Å². The summed E-state index contributed by atoms with van der Waals surface area (Å²) in [6.45, 7) is 1.71. The summed E-state index contributed by atoms with van der Waals surface area (Å²) in [6.07, 6.45) is 5.19. The van der Waals surface area contributed by atoms with E-state index in [1.165, 1.54) is 0 Å². The number of anilines is 1. The highest BCUT2D eigenvalue weighted by atomic mass is 35.5. The van der Waals surface area contributed by atoms with Gasteiger partial charge in [-0.2, -0.15) is 0 Å². The van der Waals surface area contributed by atoms with Gasteiger partial charge in [0, 0.05) is 61.2 Å². The Kier molecular flexibility index (Phi) is 7.74. The van der Waals surface area contributed by atoms with Gasteiger partial charge in [-0.25, -0.2) is 0 Å². The maximum Gasteiger partial charge on any atom is 0.237 e. The molecule has 4 rings (SSSR count). The summed E-state index contributed by atoms with van der Waals surface area (Å²) in [5.74, 6) is 0.0303. The monoisotopic (exact) mass is 486 g/mol. The molecular weight excluding hydrogens is 460 g/mol. The van der Waals surface area contributed by atoms with Crippen molar-refractivity contribution < 1.29 is 9.59 Å². The van der Waals surface area contributed by atoms with Gasteiger partial charge in [-0.05, 0) is 61.0 Å². The summed E-state index contributed by atoms with van der Waals surface area (Å²) in [4.78, 5) is 31.0. The van der Waals surface area contributed by atoms with Crippen LogP contribution in [-0.4, -0.2) is 58.0 Å². The van der Waals surface area contributed by atoms with Gasteiger partial charge in [0.1, 0.15) is 0 Å². The lowest BCUT2D eigenvalue weighted by molar-refractivity contribution is -0.129. The van der Waals surface area contributed by atoms with Gasteiger partial charge in [0.15, 0.2) is 5.11 Å². The van der Waals surface area contributed by atoms with Crippen LogP contribution in [0.3, 0.4) is 0 Å². The van der Waals surface area contributed by atoms with Crippen molar-refractivity contribution in [1.82, 2.24) is 25.8 Å². The zero-order valence-electron chi connectivity index (χ0n) is 18.1. The first-order chi connectivity index (χ1) is 16.0. The summed E-state index contributed by atoms with van der Waals surface area (Å²) in [6, 6.07) is 11.0. The van der Waals surface area contributed by atoms with Crippen molar-refractivity contribution in [1.29, 1.82) is 0 Å². The molecule has 2 aromatic rings. The smallest absolute Gasteiger partial charge is 0.237 e. The lowest BCUT2D eigenvalue weighted by atomic mass is 10.0. The van der Waals surface area contributed by atoms with E-state index in [4.69, 9.17) is 23.8 Å². The molecule has 10 heteroatoms. The minimum Gasteiger partial charge on any atom is -0.358 e. The summed E-state index contributed by atoms with van der Waals surface area (Å²) in [7, 11) is 0. The zero-order valence-corrected chi connectivity index (χ0v) is 19.7. The summed E-state index contributed by atoms with van der Waals surface area (Å²) >= 11 is 11.4. The molecule has 0 aliphatic carbocycles. The molecule has 3 heterocycles. The number of piperazine rings is 1. The number of amides is 2. The first-order valence-electron chi connectivity index (χ1n) is 11.0. The Bertz CT molecular complexity index is 990. The number of benzene rings is 1. The number of aromatic nitrogens is 1. The molecule has 0 saturated carbocycles. The topological polar surface area (TPSA) is 98.4 Å². The molecule has 0 radical (unpaired) electrons. The van der Waals surface area contributed by atoms with Gasteiger partial charge in [0.25, 0.3) is 0 Å². The van der Waals surface area contributed by atoms with Crippen LogP contribution in [0.15, 0.2) is 48.8 Å². The molecule has 2 saturated heterocycles. The van der Waals surface area contributed by atoms with Crippen LogP contribution in [0.1, 0.15) is 24.8 Å². The van der Waals surface area contributed by atoms with Crippen LogP contribution in [0.5, 0.6) is 0 Å². The summed E-state index contributed by atoms with van der Waals surface area (Å²) in [5.41, 5.74) is 1.81. The van der Waals surface area contributed by atoms with Crippen molar-refractivity contribution in [2.24, 2.45) is 0 Å². The lowest BCUT2D eigenvalue weighted by Gasteiger charge is -2.37. The number of rotatable bonds is 7. The van der Waals surface area contributed by atoms with Crippen molar-refractivity contribution >= 4 is 46.4 Å². The van der Waals surface area contributed by atoms with E-state index in [1.54, 1.807) is 24.5 Å². The van der Waals surface area contributed by atoms with E-state index in [0.717, 1.165) is 11.3 Å². The molecule has 2 amide bonds. The fourth-order valence-corrected chi connectivity index (χ4v) is 4.73. The molecule has 2 aliphatic rings. The fourth-order valence-electron chi connectivity index (χ4n) is 4.32. The molecule has 4 N–H and O–H groups in total. The average molecular weight is 487 g/mol. The molecule has 1 aromatic heterocycles. The minimum atomic E-state index is -0.210. The average Bonchev–Trinajstić information content (AvgIpc) is 3.24. The van der Waals surface area contributed by atoms with Crippen molar-refractivity contribution in [3.63, 3.8) is 0 Å². The van der Waals surface area contributed by atoms with E-state index in [0.29, 0.717) is 49.0 Å². The highest BCUT2D eigenvalue weighted by molar-refractivity contribution is 7.80. The highest BCUT2D eigenvalue weighted by Crippen LogP contribution is 2.26. The second kappa shape index (κ2) is 10.9. The first kappa shape index (κ1) is 23.4. The first-order valence-corrected chi connectivity index (χ1v) is 11.8. The van der Waals surface area contributed by atoms with E-state index in [-0.39, 0.29) is 29.9 Å². The molecular formula is C23H27ClN6O2S. The number of nitrogens with zero attached hydrogens (tertiary/aromatic N) is 2. The number of fused-ring (bicyclic) bond motifs is 1. The van der Waals surface area contributed by atoms with Gasteiger partial charge in [0.2, 0.25) is 11.8 Å². The van der Waals surface area contributed by atoms with Crippen LogP contribution in [0.25, 0.3) is 0 Å². The Morgan fingerprint density at radius 2 is 2.09 bits per heavy atom. The minimum absolute atomic E-state index is 0.00508. The number of nitrogens with one attached hydrogen (secondary N) is 4. The Labute approximate surface area is 203 Å². The second-order valence-electron chi connectivity index (χ2n) is 8.33. The third-order valence-electron chi connectivity index (χ3n) is 5.98. The van der Waals surface area contributed by atoms with Gasteiger partial charge in [-0.3, -0.25) is 19.5 Å². The third kappa shape index (κ3) is 6.40. The van der Waals surface area contributed by atoms with E-state index < -0.39 is 0 Å². The number of halogens is 1. The molecule has 8 nitrogen and oxygen atoms in total. The Hall–Kier alpha value is -2.75. The number of pyridine rings is 1. The number of hydrogen-bond acceptors (Lipinski definition) is 5. The lowest BCUT2D eigenvalue weighted by Crippen LogP contribution is -2.58. The van der Waals surface area contributed by atoms with E-state index in [1.807, 2.05) is 24.3 Å². The molecule has 2 aliphatic heterocycles. The quantitative estimate of drug-likeness (QED) is 0.445. The normalized spacial score (nSPS) is 22.2. The summed E-state index contributed by atoms with van der Waals surface area (Å²) < 4.78 is 0. The molecule has 174 valence electrons. The van der Waals surface area contributed by atoms with Crippen LogP contribution in [0, 0.1) is 0 Å². The Morgan fingerprint density at radius 1 is 1.27 bits per heavy atom. The van der Waals surface area contributed by atoms with Gasteiger partial charge in [0.05, 0.1) is 6.04 Å². The standard InChI is InChI=1S/C23H27ClN6O2S/c24-16-3-5-17(6-4-16)28-23(33)29-18-10-20-22(32)27-13-19(30(20)14-18)7-8-21(31)26-12-15-2-1-9-25-11-15/h1-6,9,11,18-20H,7-8,10,12-14H2,(H,26,31)(H,27,32)(H2,28,29,33). The van der Waals surface area contributed by atoms with Crippen molar-refractivity contribution in [2.45, 2.75) is 43.9 Å². The molecule has 0 bridgehead atoms.